The van der Waals surface area contributed by atoms with E-state index < -0.39 is 0 Å². The molecule has 0 saturated heterocycles. The van der Waals surface area contributed by atoms with E-state index in [-0.39, 0.29) is 17.0 Å². The van der Waals surface area contributed by atoms with Crippen molar-refractivity contribution >= 4 is 23.4 Å². The summed E-state index contributed by atoms with van der Waals surface area (Å²) in [5, 5.41) is 11.0. The largest absolute Gasteiger partial charge is 0.493 e. The Labute approximate surface area is 132 Å². The van der Waals surface area contributed by atoms with Gasteiger partial charge in [0, 0.05) is 10.3 Å². The van der Waals surface area contributed by atoms with Crippen molar-refractivity contribution in [2.45, 2.75) is 31.3 Å². The number of aromatic hydroxyl groups is 1. The van der Waals surface area contributed by atoms with Gasteiger partial charge < -0.3 is 10.1 Å². The van der Waals surface area contributed by atoms with Crippen LogP contribution in [-0.2, 0) is 5.75 Å². The number of thioether (sulfide) groups is 1. The number of H-pyrrole nitrogens is 1. The summed E-state index contributed by atoms with van der Waals surface area (Å²) in [6.07, 6.45) is 1.04. The summed E-state index contributed by atoms with van der Waals surface area (Å²) in [6.45, 7) is 4.22. The van der Waals surface area contributed by atoms with Gasteiger partial charge in [-0.3, -0.25) is 4.79 Å². The van der Waals surface area contributed by atoms with Crippen LogP contribution in [0.25, 0.3) is 11.1 Å². The molecule has 0 aliphatic carbocycles. The molecule has 6 heteroatoms. The van der Waals surface area contributed by atoms with Crippen LogP contribution in [0.5, 0.6) is 5.88 Å². The highest BCUT2D eigenvalue weighted by Gasteiger charge is 2.13. The third-order valence-corrected chi connectivity index (χ3v) is 4.72. The molecule has 1 unspecified atom stereocenters. The second-order valence-corrected chi connectivity index (χ2v) is 6.61. The molecule has 1 aromatic carbocycles. The molecule has 21 heavy (non-hydrogen) atoms. The van der Waals surface area contributed by atoms with Gasteiger partial charge in [0.15, 0.2) is 0 Å². The summed E-state index contributed by atoms with van der Waals surface area (Å²) in [5.41, 5.74) is 0.342. The lowest BCUT2D eigenvalue weighted by Crippen LogP contribution is -2.14. The normalized spacial score (nSPS) is 12.3. The van der Waals surface area contributed by atoms with Gasteiger partial charge in [-0.05, 0) is 24.1 Å². The van der Waals surface area contributed by atoms with Crippen molar-refractivity contribution in [2.75, 3.05) is 0 Å². The molecule has 0 amide bonds. The van der Waals surface area contributed by atoms with E-state index in [1.54, 1.807) is 36.0 Å². The van der Waals surface area contributed by atoms with E-state index in [2.05, 4.69) is 23.8 Å². The third kappa shape index (κ3) is 4.02. The maximum atomic E-state index is 12.2. The molecular weight excluding hydrogens is 308 g/mol. The van der Waals surface area contributed by atoms with Crippen molar-refractivity contribution in [3.05, 3.63) is 45.5 Å². The number of benzene rings is 1. The molecule has 1 heterocycles. The molecule has 112 valence electrons. The average molecular weight is 325 g/mol. The van der Waals surface area contributed by atoms with Gasteiger partial charge in [0.25, 0.3) is 5.56 Å². The minimum absolute atomic E-state index is 0.148. The van der Waals surface area contributed by atoms with Crippen LogP contribution in [0.2, 0.25) is 5.02 Å². The average Bonchev–Trinajstić information content (AvgIpc) is 2.44. The summed E-state index contributed by atoms with van der Waals surface area (Å²) in [5.74, 6) is 0.780. The lowest BCUT2D eigenvalue weighted by atomic mass is 10.1. The Morgan fingerprint density at radius 3 is 2.86 bits per heavy atom. The molecule has 0 fully saturated rings. The Kier molecular flexibility index (Phi) is 5.31. The Morgan fingerprint density at radius 1 is 1.48 bits per heavy atom. The van der Waals surface area contributed by atoms with Crippen molar-refractivity contribution in [1.82, 2.24) is 9.97 Å². The summed E-state index contributed by atoms with van der Waals surface area (Å²) >= 11 is 7.60. The molecule has 0 saturated carbocycles. The van der Waals surface area contributed by atoms with Crippen molar-refractivity contribution in [3.8, 4) is 17.0 Å². The topological polar surface area (TPSA) is 66.0 Å². The molecule has 0 aliphatic heterocycles. The number of hydrogen-bond acceptors (Lipinski definition) is 4. The standard InChI is InChI=1S/C15H17ClN2O2S/c1-3-9(2)21-8-12-17-14(19)13(15(20)18-12)10-5-4-6-11(16)7-10/h4-7,9H,3,8H2,1-2H3,(H2,17,18,19,20). The number of halogens is 1. The van der Waals surface area contributed by atoms with E-state index in [0.29, 0.717) is 27.4 Å². The smallest absolute Gasteiger partial charge is 0.262 e. The van der Waals surface area contributed by atoms with Gasteiger partial charge in [0.1, 0.15) is 11.4 Å². The second kappa shape index (κ2) is 7.00. The van der Waals surface area contributed by atoms with Gasteiger partial charge in [0.05, 0.1) is 5.75 Å². The molecule has 0 spiro atoms. The zero-order chi connectivity index (χ0) is 15.4. The maximum Gasteiger partial charge on any atom is 0.262 e. The summed E-state index contributed by atoms with van der Waals surface area (Å²) < 4.78 is 0. The minimum Gasteiger partial charge on any atom is -0.493 e. The van der Waals surface area contributed by atoms with E-state index in [1.165, 1.54) is 0 Å². The summed E-state index contributed by atoms with van der Waals surface area (Å²) in [7, 11) is 0. The maximum absolute atomic E-state index is 12.2. The molecular formula is C15H17ClN2O2S. The Balaban J connectivity index is 2.32. The van der Waals surface area contributed by atoms with Gasteiger partial charge in [-0.1, -0.05) is 37.6 Å². The van der Waals surface area contributed by atoms with Crippen molar-refractivity contribution in [3.63, 3.8) is 0 Å². The van der Waals surface area contributed by atoms with Crippen molar-refractivity contribution in [1.29, 1.82) is 0 Å². The predicted molar refractivity (Wildman–Crippen MR) is 88.0 cm³/mol. The summed E-state index contributed by atoms with van der Waals surface area (Å²) in [6, 6.07) is 6.77. The third-order valence-electron chi connectivity index (χ3n) is 3.14. The SMILES string of the molecule is CCC(C)SCc1nc(O)c(-c2cccc(Cl)c2)c(=O)[nH]1. The zero-order valence-corrected chi connectivity index (χ0v) is 13.5. The first-order valence-electron chi connectivity index (χ1n) is 6.71. The van der Waals surface area contributed by atoms with Gasteiger partial charge in [-0.2, -0.15) is 16.7 Å². The fourth-order valence-electron chi connectivity index (χ4n) is 1.82. The quantitative estimate of drug-likeness (QED) is 0.877. The molecule has 2 N–H and O–H groups in total. The van der Waals surface area contributed by atoms with Gasteiger partial charge in [-0.15, -0.1) is 0 Å². The van der Waals surface area contributed by atoms with Crippen LogP contribution >= 0.6 is 23.4 Å². The van der Waals surface area contributed by atoms with Gasteiger partial charge in [-0.25, -0.2) is 0 Å². The Hall–Kier alpha value is -1.46. The Bertz CT molecular complexity index is 688. The lowest BCUT2D eigenvalue weighted by Gasteiger charge is -2.09. The number of nitrogens with zero attached hydrogens (tertiary/aromatic N) is 1. The highest BCUT2D eigenvalue weighted by atomic mass is 35.5. The van der Waals surface area contributed by atoms with E-state index in [4.69, 9.17) is 11.6 Å². The fraction of sp³-hybridized carbons (Fsp3) is 0.333. The molecule has 4 nitrogen and oxygen atoms in total. The first-order chi connectivity index (χ1) is 10.0. The molecule has 2 rings (SSSR count). The Morgan fingerprint density at radius 2 is 2.24 bits per heavy atom. The first-order valence-corrected chi connectivity index (χ1v) is 8.13. The summed E-state index contributed by atoms with van der Waals surface area (Å²) in [4.78, 5) is 19.0. The molecule has 1 aromatic heterocycles. The molecule has 0 bridgehead atoms. The van der Waals surface area contributed by atoms with Crippen LogP contribution in [0.1, 0.15) is 26.1 Å². The van der Waals surface area contributed by atoms with Gasteiger partial charge >= 0.3 is 0 Å². The van der Waals surface area contributed by atoms with E-state index in [1.807, 2.05) is 0 Å². The van der Waals surface area contributed by atoms with Crippen LogP contribution in [-0.4, -0.2) is 20.3 Å². The van der Waals surface area contributed by atoms with E-state index in [0.717, 1.165) is 6.42 Å². The van der Waals surface area contributed by atoms with Crippen LogP contribution < -0.4 is 5.56 Å². The van der Waals surface area contributed by atoms with Crippen LogP contribution in [0, 0.1) is 0 Å². The van der Waals surface area contributed by atoms with Gasteiger partial charge in [0.2, 0.25) is 5.88 Å². The van der Waals surface area contributed by atoms with Crippen LogP contribution in [0.4, 0.5) is 0 Å². The highest BCUT2D eigenvalue weighted by Crippen LogP contribution is 2.26. The van der Waals surface area contributed by atoms with Crippen LogP contribution in [0.15, 0.2) is 29.1 Å². The second-order valence-electron chi connectivity index (χ2n) is 4.75. The molecule has 1 atom stereocenters. The van der Waals surface area contributed by atoms with Crippen molar-refractivity contribution in [2.24, 2.45) is 0 Å². The van der Waals surface area contributed by atoms with Crippen LogP contribution in [0.3, 0.4) is 0 Å². The lowest BCUT2D eigenvalue weighted by molar-refractivity contribution is 0.451. The monoisotopic (exact) mass is 324 g/mol. The number of nitrogens with one attached hydrogen (secondary N) is 1. The number of aromatic nitrogens is 2. The number of hydrogen-bond donors (Lipinski definition) is 2. The van der Waals surface area contributed by atoms with E-state index in [9.17, 15) is 9.90 Å². The zero-order valence-electron chi connectivity index (χ0n) is 11.9. The van der Waals surface area contributed by atoms with E-state index >= 15 is 0 Å². The first kappa shape index (κ1) is 15.9. The highest BCUT2D eigenvalue weighted by molar-refractivity contribution is 7.99. The minimum atomic E-state index is -0.357. The molecule has 0 radical (unpaired) electrons. The fourth-order valence-corrected chi connectivity index (χ4v) is 2.82. The molecule has 0 aliphatic rings. The molecule has 2 aromatic rings. The predicted octanol–water partition coefficient (Wildman–Crippen LogP) is 3.83. The van der Waals surface area contributed by atoms with Crippen molar-refractivity contribution < 1.29 is 5.11 Å². The number of rotatable bonds is 5. The number of aromatic amines is 1.